The Morgan fingerprint density at radius 2 is 1.97 bits per heavy atom. The lowest BCUT2D eigenvalue weighted by atomic mass is 10.0. The number of fused-ring (bicyclic) bond motifs is 1. The standard InChI is InChI=1S/C26H34N8O2/c1-29-13-15-10-21(23(36-3)12-19(15)27)31-26(35)24-20(28)11-22(18-14-33(2)32-25(18)24)34-8-6-17(7-9-34)30-16-4-5-16/h10-14,16-17,27,29-30H,4-9,28H2,1-3H3,(H,31,35)/p+1/b15-13-,27-19?. The van der Waals surface area contributed by atoms with Gasteiger partial charge in [-0.2, -0.15) is 5.10 Å². The number of anilines is 2. The highest BCUT2D eigenvalue weighted by Gasteiger charge is 2.29. The summed E-state index contributed by atoms with van der Waals surface area (Å²) in [5.74, 6) is 0.0503. The number of amides is 1. The summed E-state index contributed by atoms with van der Waals surface area (Å²) in [4.78, 5) is 15.9. The molecule has 1 saturated heterocycles. The van der Waals surface area contributed by atoms with Gasteiger partial charge in [-0.15, -0.1) is 0 Å². The molecule has 0 bridgehead atoms. The second-order valence-corrected chi connectivity index (χ2v) is 9.72. The molecule has 1 aromatic carbocycles. The molecule has 10 heteroatoms. The summed E-state index contributed by atoms with van der Waals surface area (Å²) in [5.41, 5.74) is 10.3. The van der Waals surface area contributed by atoms with Crippen molar-refractivity contribution < 1.29 is 14.8 Å². The molecule has 1 aromatic heterocycles. The van der Waals surface area contributed by atoms with E-state index in [1.54, 1.807) is 16.8 Å². The van der Waals surface area contributed by atoms with Crippen molar-refractivity contribution in [2.45, 2.75) is 37.8 Å². The first kappa shape index (κ1) is 24.1. The van der Waals surface area contributed by atoms with Gasteiger partial charge in [0.15, 0.2) is 0 Å². The molecule has 0 unspecified atom stereocenters. The van der Waals surface area contributed by atoms with Crippen molar-refractivity contribution in [2.75, 3.05) is 37.9 Å². The highest BCUT2D eigenvalue weighted by atomic mass is 16.5. The highest BCUT2D eigenvalue weighted by Crippen LogP contribution is 2.35. The number of allylic oxidation sites excluding steroid dienone is 3. The van der Waals surface area contributed by atoms with Crippen LogP contribution in [0.2, 0.25) is 0 Å². The number of ether oxygens (including phenoxy) is 1. The van der Waals surface area contributed by atoms with E-state index >= 15 is 0 Å². The molecule has 0 radical (unpaired) electrons. The lowest BCUT2D eigenvalue weighted by molar-refractivity contribution is -0.556. The zero-order valence-electron chi connectivity index (χ0n) is 21.1. The van der Waals surface area contributed by atoms with Gasteiger partial charge < -0.3 is 31.3 Å². The van der Waals surface area contributed by atoms with E-state index in [9.17, 15) is 4.79 Å². The zero-order chi connectivity index (χ0) is 25.4. The first-order valence-electron chi connectivity index (χ1n) is 12.5. The quantitative estimate of drug-likeness (QED) is 0.368. The number of nitrogen functional groups attached to an aromatic ring is 1. The summed E-state index contributed by atoms with van der Waals surface area (Å²) in [6, 6.07) is 3.19. The summed E-state index contributed by atoms with van der Waals surface area (Å²) in [5, 5.41) is 22.3. The Kier molecular flexibility index (Phi) is 6.55. The molecule has 2 aliphatic carbocycles. The van der Waals surface area contributed by atoms with Gasteiger partial charge in [0.25, 0.3) is 5.91 Å². The van der Waals surface area contributed by atoms with Gasteiger partial charge in [0, 0.05) is 61.3 Å². The number of hydrogen-bond acceptors (Lipinski definition) is 7. The van der Waals surface area contributed by atoms with Crippen molar-refractivity contribution in [3.8, 4) is 0 Å². The maximum atomic E-state index is 13.5. The normalized spacial score (nSPS) is 20.0. The predicted molar refractivity (Wildman–Crippen MR) is 141 cm³/mol. The van der Waals surface area contributed by atoms with Gasteiger partial charge in [-0.3, -0.25) is 14.9 Å². The zero-order valence-corrected chi connectivity index (χ0v) is 21.1. The van der Waals surface area contributed by atoms with E-state index in [0.29, 0.717) is 51.6 Å². The molecular weight excluding hydrogens is 456 g/mol. The summed E-state index contributed by atoms with van der Waals surface area (Å²) >= 11 is 0. The lowest BCUT2D eigenvalue weighted by Gasteiger charge is -2.34. The van der Waals surface area contributed by atoms with E-state index in [2.05, 4.69) is 20.6 Å². The van der Waals surface area contributed by atoms with E-state index in [0.717, 1.165) is 37.0 Å². The van der Waals surface area contributed by atoms with E-state index in [1.807, 2.05) is 37.9 Å². The van der Waals surface area contributed by atoms with Crippen LogP contribution in [-0.2, 0) is 11.8 Å². The number of nitrogens with zero attached hydrogens (tertiary/aromatic N) is 3. The van der Waals surface area contributed by atoms with Crippen LogP contribution in [0.4, 0.5) is 11.4 Å². The molecular formula is C26H35N8O2+. The van der Waals surface area contributed by atoms with Crippen molar-refractivity contribution in [3.63, 3.8) is 0 Å². The maximum absolute atomic E-state index is 13.5. The number of aromatic nitrogens is 2. The minimum absolute atomic E-state index is 0.315. The molecule has 10 nitrogen and oxygen atoms in total. The average Bonchev–Trinajstić information content (AvgIpc) is 3.58. The van der Waals surface area contributed by atoms with Crippen molar-refractivity contribution in [3.05, 3.63) is 53.2 Å². The Morgan fingerprint density at radius 3 is 2.64 bits per heavy atom. The topological polar surface area (TPSA) is 138 Å². The number of quaternary nitrogens is 1. The van der Waals surface area contributed by atoms with Crippen LogP contribution in [-0.4, -0.2) is 60.7 Å². The SMILES string of the molecule is C[NH2+]/C=C1/C=C(NC(=O)c2c(N)cc(N3CCC(NC4CC4)CC3)c3cn(C)nc23)C(OC)=CC1=N. The summed E-state index contributed by atoms with van der Waals surface area (Å²) < 4.78 is 7.16. The molecule has 2 heterocycles. The van der Waals surface area contributed by atoms with E-state index < -0.39 is 0 Å². The molecule has 0 atom stereocenters. The Bertz CT molecular complexity index is 1290. The molecule has 3 aliphatic rings. The van der Waals surface area contributed by atoms with Crippen LogP contribution < -0.4 is 26.6 Å². The number of nitrogens with two attached hydrogens (primary N) is 2. The second-order valence-electron chi connectivity index (χ2n) is 9.72. The van der Waals surface area contributed by atoms with Crippen LogP contribution in [0.3, 0.4) is 0 Å². The smallest absolute Gasteiger partial charge is 0.260 e. The maximum Gasteiger partial charge on any atom is 0.260 e. The fourth-order valence-corrected chi connectivity index (χ4v) is 5.03. The van der Waals surface area contributed by atoms with Gasteiger partial charge in [-0.1, -0.05) is 0 Å². The number of rotatable bonds is 7. The molecule has 0 spiro atoms. The highest BCUT2D eigenvalue weighted by molar-refractivity contribution is 6.15. The molecule has 5 rings (SSSR count). The number of benzene rings is 1. The largest absolute Gasteiger partial charge is 0.494 e. The Hall–Kier alpha value is -3.63. The number of piperidine rings is 1. The van der Waals surface area contributed by atoms with Crippen molar-refractivity contribution >= 4 is 33.9 Å². The number of hydrogen-bond donors (Lipinski definition) is 5. The molecule has 7 N–H and O–H groups in total. The van der Waals surface area contributed by atoms with E-state index in [1.165, 1.54) is 20.0 Å². The Labute approximate surface area is 210 Å². The van der Waals surface area contributed by atoms with Gasteiger partial charge >= 0.3 is 0 Å². The van der Waals surface area contributed by atoms with Crippen LogP contribution in [0.15, 0.2) is 47.6 Å². The molecule has 190 valence electrons. The third-order valence-electron chi connectivity index (χ3n) is 7.00. The molecule has 1 amide bonds. The van der Waals surface area contributed by atoms with E-state index in [-0.39, 0.29) is 5.91 Å². The van der Waals surface area contributed by atoms with Gasteiger partial charge in [0.05, 0.1) is 36.7 Å². The summed E-state index contributed by atoms with van der Waals surface area (Å²) in [7, 11) is 5.25. The molecule has 2 aromatic rings. The number of methoxy groups -OCH3 is 1. The van der Waals surface area contributed by atoms with Crippen LogP contribution in [0.25, 0.3) is 10.9 Å². The minimum atomic E-state index is -0.363. The third-order valence-corrected chi connectivity index (χ3v) is 7.00. The molecule has 1 aliphatic heterocycles. The van der Waals surface area contributed by atoms with Crippen molar-refractivity contribution in [2.24, 2.45) is 7.05 Å². The van der Waals surface area contributed by atoms with Gasteiger partial charge in [-0.25, -0.2) is 0 Å². The van der Waals surface area contributed by atoms with Crippen molar-refractivity contribution in [1.29, 1.82) is 5.41 Å². The monoisotopic (exact) mass is 491 g/mol. The fraction of sp³-hybridized carbons (Fsp3) is 0.423. The van der Waals surface area contributed by atoms with Crippen LogP contribution in [0, 0.1) is 5.41 Å². The van der Waals surface area contributed by atoms with Crippen LogP contribution in [0.5, 0.6) is 0 Å². The van der Waals surface area contributed by atoms with Gasteiger partial charge in [0.1, 0.15) is 17.5 Å². The Balaban J connectivity index is 1.43. The number of aryl methyl sites for hydroxylation is 1. The summed E-state index contributed by atoms with van der Waals surface area (Å²) in [6.45, 7) is 1.87. The van der Waals surface area contributed by atoms with Gasteiger partial charge in [-0.05, 0) is 37.8 Å². The van der Waals surface area contributed by atoms with E-state index in [4.69, 9.17) is 15.9 Å². The van der Waals surface area contributed by atoms with Gasteiger partial charge in [0.2, 0.25) is 0 Å². The minimum Gasteiger partial charge on any atom is -0.494 e. The second kappa shape index (κ2) is 9.79. The van der Waals surface area contributed by atoms with Crippen LogP contribution >= 0.6 is 0 Å². The number of carbonyl (C=O) groups excluding carboxylic acids is 1. The number of carbonyl (C=O) groups is 1. The molecule has 36 heavy (non-hydrogen) atoms. The first-order valence-corrected chi connectivity index (χ1v) is 12.5. The third kappa shape index (κ3) is 4.74. The molecule has 1 saturated carbocycles. The van der Waals surface area contributed by atoms with Crippen molar-refractivity contribution in [1.82, 2.24) is 20.4 Å². The summed E-state index contributed by atoms with van der Waals surface area (Å²) in [6.07, 6.45) is 11.9. The first-order chi connectivity index (χ1) is 17.4. The van der Waals surface area contributed by atoms with Crippen LogP contribution in [0.1, 0.15) is 36.0 Å². The fourth-order valence-electron chi connectivity index (χ4n) is 5.03. The number of nitrogens with one attached hydrogen (secondary N) is 3. The molecule has 2 fully saturated rings. The average molecular weight is 492 g/mol. The lowest BCUT2D eigenvalue weighted by Crippen LogP contribution is -2.73. The Morgan fingerprint density at radius 1 is 1.25 bits per heavy atom. The predicted octanol–water partition coefficient (Wildman–Crippen LogP) is 1.13.